The van der Waals surface area contributed by atoms with Gasteiger partial charge in [-0.3, -0.25) is 0 Å². The van der Waals surface area contributed by atoms with Crippen LogP contribution in [0, 0.1) is 17.2 Å². The van der Waals surface area contributed by atoms with Gasteiger partial charge in [0.05, 0.1) is 6.07 Å². The van der Waals surface area contributed by atoms with Crippen molar-refractivity contribution in [1.82, 2.24) is 0 Å². The fraction of sp³-hybridized carbons (Fsp3) is 0.364. The first-order valence-electron chi connectivity index (χ1n) is 4.33. The van der Waals surface area contributed by atoms with Crippen LogP contribution >= 0.6 is 0 Å². The molecule has 0 heterocycles. The van der Waals surface area contributed by atoms with Gasteiger partial charge in [0.15, 0.2) is 0 Å². The lowest BCUT2D eigenvalue weighted by atomic mass is 10.1. The van der Waals surface area contributed by atoms with E-state index in [0.29, 0.717) is 11.8 Å². The average Bonchev–Trinajstić information content (AvgIpc) is 2.87. The summed E-state index contributed by atoms with van der Waals surface area (Å²) in [4.78, 5) is 0. The van der Waals surface area contributed by atoms with Gasteiger partial charge in [-0.05, 0) is 23.8 Å². The Hall–Kier alpha value is -1.29. The SMILES string of the molecule is N#CC[C@H]1C[C@H]1c1ccccc1. The second-order valence-electron chi connectivity index (χ2n) is 3.38. The van der Waals surface area contributed by atoms with Gasteiger partial charge in [-0.1, -0.05) is 30.3 Å². The molecular weight excluding hydrogens is 146 g/mol. The number of nitrogens with zero attached hydrogens (tertiary/aromatic N) is 1. The van der Waals surface area contributed by atoms with Gasteiger partial charge >= 0.3 is 0 Å². The van der Waals surface area contributed by atoms with Crippen molar-refractivity contribution in [3.8, 4) is 6.07 Å². The average molecular weight is 157 g/mol. The van der Waals surface area contributed by atoms with E-state index in [1.165, 1.54) is 12.0 Å². The Morgan fingerprint density at radius 3 is 2.75 bits per heavy atom. The molecule has 0 radical (unpaired) electrons. The van der Waals surface area contributed by atoms with Crippen molar-refractivity contribution in [3.63, 3.8) is 0 Å². The van der Waals surface area contributed by atoms with Gasteiger partial charge in [-0.15, -0.1) is 0 Å². The van der Waals surface area contributed by atoms with Crippen molar-refractivity contribution in [1.29, 1.82) is 5.26 Å². The van der Waals surface area contributed by atoms with E-state index in [-0.39, 0.29) is 0 Å². The largest absolute Gasteiger partial charge is 0.198 e. The highest BCUT2D eigenvalue weighted by molar-refractivity contribution is 5.25. The molecule has 1 nitrogen and oxygen atoms in total. The first-order chi connectivity index (χ1) is 5.92. The third-order valence-corrected chi connectivity index (χ3v) is 2.50. The van der Waals surface area contributed by atoms with E-state index >= 15 is 0 Å². The molecule has 0 N–H and O–H groups in total. The monoisotopic (exact) mass is 157 g/mol. The summed E-state index contributed by atoms with van der Waals surface area (Å²) in [7, 11) is 0. The maximum Gasteiger partial charge on any atom is 0.0624 e. The van der Waals surface area contributed by atoms with Crippen molar-refractivity contribution in [2.24, 2.45) is 5.92 Å². The van der Waals surface area contributed by atoms with Crippen LogP contribution < -0.4 is 0 Å². The molecule has 0 unspecified atom stereocenters. The Labute approximate surface area is 72.6 Å². The minimum atomic E-state index is 0.636. The molecule has 1 saturated carbocycles. The molecule has 0 aromatic heterocycles. The van der Waals surface area contributed by atoms with Gasteiger partial charge in [0.2, 0.25) is 0 Å². The van der Waals surface area contributed by atoms with Crippen LogP contribution in [-0.4, -0.2) is 0 Å². The fourth-order valence-electron chi connectivity index (χ4n) is 1.70. The topological polar surface area (TPSA) is 23.8 Å². The van der Waals surface area contributed by atoms with E-state index in [1.54, 1.807) is 0 Å². The van der Waals surface area contributed by atoms with Gasteiger partial charge in [-0.2, -0.15) is 5.26 Å². The zero-order valence-electron chi connectivity index (χ0n) is 6.90. The molecule has 1 aliphatic rings. The lowest BCUT2D eigenvalue weighted by Crippen LogP contribution is -1.81. The molecule has 2 rings (SSSR count). The number of hydrogen-bond acceptors (Lipinski definition) is 1. The smallest absolute Gasteiger partial charge is 0.0624 e. The minimum absolute atomic E-state index is 0.636. The highest BCUT2D eigenvalue weighted by Crippen LogP contribution is 2.49. The van der Waals surface area contributed by atoms with Crippen LogP contribution in [0.2, 0.25) is 0 Å². The number of rotatable bonds is 2. The Balaban J connectivity index is 2.03. The van der Waals surface area contributed by atoms with E-state index in [0.717, 1.165) is 6.42 Å². The molecule has 0 spiro atoms. The Morgan fingerprint density at radius 1 is 1.33 bits per heavy atom. The van der Waals surface area contributed by atoms with Crippen LogP contribution in [0.25, 0.3) is 0 Å². The van der Waals surface area contributed by atoms with E-state index < -0.39 is 0 Å². The third kappa shape index (κ3) is 1.33. The first-order valence-corrected chi connectivity index (χ1v) is 4.33. The second kappa shape index (κ2) is 2.98. The van der Waals surface area contributed by atoms with Crippen LogP contribution in [0.1, 0.15) is 24.3 Å². The van der Waals surface area contributed by atoms with Gasteiger partial charge in [0.1, 0.15) is 0 Å². The Kier molecular flexibility index (Phi) is 1.83. The van der Waals surface area contributed by atoms with Crippen LogP contribution in [0.3, 0.4) is 0 Å². The fourth-order valence-corrected chi connectivity index (χ4v) is 1.70. The highest BCUT2D eigenvalue weighted by atomic mass is 14.4. The van der Waals surface area contributed by atoms with Crippen molar-refractivity contribution in [2.75, 3.05) is 0 Å². The molecule has 1 heteroatoms. The molecular formula is C11H11N. The number of benzene rings is 1. The lowest BCUT2D eigenvalue weighted by molar-refractivity contribution is 0.829. The number of nitriles is 1. The zero-order chi connectivity index (χ0) is 8.39. The highest BCUT2D eigenvalue weighted by Gasteiger charge is 2.37. The molecule has 0 bridgehead atoms. The van der Waals surface area contributed by atoms with E-state index in [9.17, 15) is 0 Å². The van der Waals surface area contributed by atoms with Gasteiger partial charge in [0, 0.05) is 6.42 Å². The van der Waals surface area contributed by atoms with E-state index in [2.05, 4.69) is 30.3 Å². The third-order valence-electron chi connectivity index (χ3n) is 2.50. The van der Waals surface area contributed by atoms with Gasteiger partial charge in [0.25, 0.3) is 0 Å². The van der Waals surface area contributed by atoms with Gasteiger partial charge < -0.3 is 0 Å². The molecule has 1 aromatic carbocycles. The van der Waals surface area contributed by atoms with Crippen LogP contribution in [0.15, 0.2) is 30.3 Å². The summed E-state index contributed by atoms with van der Waals surface area (Å²) in [6, 6.07) is 12.7. The Morgan fingerprint density at radius 2 is 2.08 bits per heavy atom. The molecule has 2 atom stereocenters. The maximum atomic E-state index is 8.49. The molecule has 12 heavy (non-hydrogen) atoms. The molecule has 0 saturated heterocycles. The standard InChI is InChI=1S/C11H11N/c12-7-6-10-8-11(10)9-4-2-1-3-5-9/h1-5,10-11H,6,8H2/t10-,11-/m0/s1. The minimum Gasteiger partial charge on any atom is -0.198 e. The van der Waals surface area contributed by atoms with Crippen molar-refractivity contribution in [3.05, 3.63) is 35.9 Å². The van der Waals surface area contributed by atoms with Crippen molar-refractivity contribution in [2.45, 2.75) is 18.8 Å². The molecule has 60 valence electrons. The predicted molar refractivity (Wildman–Crippen MR) is 47.5 cm³/mol. The summed E-state index contributed by atoms with van der Waals surface area (Å²) in [5, 5.41) is 8.49. The lowest BCUT2D eigenvalue weighted by Gasteiger charge is -1.95. The van der Waals surface area contributed by atoms with Crippen LogP contribution in [0.5, 0.6) is 0 Å². The van der Waals surface area contributed by atoms with Gasteiger partial charge in [-0.25, -0.2) is 0 Å². The van der Waals surface area contributed by atoms with Crippen LogP contribution in [-0.2, 0) is 0 Å². The first kappa shape index (κ1) is 7.36. The molecule has 0 amide bonds. The zero-order valence-corrected chi connectivity index (χ0v) is 6.90. The molecule has 1 aliphatic carbocycles. The van der Waals surface area contributed by atoms with E-state index in [1.807, 2.05) is 6.07 Å². The second-order valence-corrected chi connectivity index (χ2v) is 3.38. The summed E-state index contributed by atoms with van der Waals surface area (Å²) < 4.78 is 0. The summed E-state index contributed by atoms with van der Waals surface area (Å²) in [5.41, 5.74) is 1.40. The van der Waals surface area contributed by atoms with Crippen LogP contribution in [0.4, 0.5) is 0 Å². The summed E-state index contributed by atoms with van der Waals surface area (Å²) in [5.74, 6) is 1.31. The van der Waals surface area contributed by atoms with Crippen molar-refractivity contribution < 1.29 is 0 Å². The summed E-state index contributed by atoms with van der Waals surface area (Å²) in [6.45, 7) is 0. The summed E-state index contributed by atoms with van der Waals surface area (Å²) in [6.07, 6.45) is 1.93. The quantitative estimate of drug-likeness (QED) is 0.647. The normalized spacial score (nSPS) is 26.2. The van der Waals surface area contributed by atoms with E-state index in [4.69, 9.17) is 5.26 Å². The Bertz CT molecular complexity index is 297. The predicted octanol–water partition coefficient (Wildman–Crippen LogP) is 2.70. The van der Waals surface area contributed by atoms with Crippen molar-refractivity contribution >= 4 is 0 Å². The summed E-state index contributed by atoms with van der Waals surface area (Å²) >= 11 is 0. The number of hydrogen-bond donors (Lipinski definition) is 0. The molecule has 0 aliphatic heterocycles. The molecule has 1 aromatic rings. The molecule has 1 fully saturated rings. The maximum absolute atomic E-state index is 8.49.